The number of nitrogens with one attached hydrogen (secondary N) is 1. The van der Waals surface area contributed by atoms with Crippen molar-refractivity contribution >= 4 is 17.3 Å². The lowest BCUT2D eigenvalue weighted by Crippen LogP contribution is -2.36. The minimum absolute atomic E-state index is 0.0321. The average molecular weight is 459 g/mol. The lowest BCUT2D eigenvalue weighted by atomic mass is 9.94. The summed E-state index contributed by atoms with van der Waals surface area (Å²) in [5.41, 5.74) is 0.728. The zero-order valence-corrected chi connectivity index (χ0v) is 19.0. The number of nitrogens with zero attached hydrogens (tertiary/aromatic N) is 2. The largest absolute Gasteiger partial charge is 0.493 e. The lowest BCUT2D eigenvalue weighted by Gasteiger charge is -2.31. The summed E-state index contributed by atoms with van der Waals surface area (Å²) in [6.45, 7) is 0.104. The maximum atomic E-state index is 13.1. The minimum Gasteiger partial charge on any atom is -0.493 e. The van der Waals surface area contributed by atoms with Gasteiger partial charge in [-0.2, -0.15) is 0 Å². The van der Waals surface area contributed by atoms with Gasteiger partial charge in [0.05, 0.1) is 43.5 Å². The molecule has 2 aromatic carbocycles. The molecular weight excluding hydrogens is 430 g/mol. The molecule has 2 aromatic rings. The van der Waals surface area contributed by atoms with Gasteiger partial charge in [0, 0.05) is 18.7 Å². The molecule has 10 heteroatoms. The summed E-state index contributed by atoms with van der Waals surface area (Å²) in [6, 6.07) is 7.17. The highest BCUT2D eigenvalue weighted by molar-refractivity contribution is 6.00. The number of hydroxylamine groups is 1. The fourth-order valence-electron chi connectivity index (χ4n) is 4.06. The maximum absolute atomic E-state index is 13.1. The molecule has 0 atom stereocenters. The van der Waals surface area contributed by atoms with Crippen molar-refractivity contribution in [3.63, 3.8) is 0 Å². The van der Waals surface area contributed by atoms with Crippen LogP contribution in [0.1, 0.15) is 48.0 Å². The molecule has 0 heterocycles. The number of nitro groups is 1. The van der Waals surface area contributed by atoms with Crippen LogP contribution in [0.15, 0.2) is 30.3 Å². The standard InChI is InChI=1S/C23H29N3O7/c1-31-20-11-15(12-21(32-2)22(20)33-3)14-24-23(27)18-13-17(26(29)30)9-10-19(18)25(28)16-7-5-4-6-8-16/h9-13,16,28H,4-8,14H2,1-3H3,(H,24,27). The summed E-state index contributed by atoms with van der Waals surface area (Å²) in [6.07, 6.45) is 4.65. The van der Waals surface area contributed by atoms with E-state index in [1.165, 1.54) is 39.5 Å². The van der Waals surface area contributed by atoms with Crippen molar-refractivity contribution in [2.45, 2.75) is 44.7 Å². The third-order valence-corrected chi connectivity index (χ3v) is 5.78. The van der Waals surface area contributed by atoms with Crippen LogP contribution in [-0.2, 0) is 6.54 Å². The number of anilines is 1. The van der Waals surface area contributed by atoms with Gasteiger partial charge in [0.25, 0.3) is 11.6 Å². The quantitative estimate of drug-likeness (QED) is 0.425. The summed E-state index contributed by atoms with van der Waals surface area (Å²) in [5, 5.41) is 26.0. The number of amides is 1. The molecule has 0 spiro atoms. The van der Waals surface area contributed by atoms with E-state index in [1.807, 2.05) is 0 Å². The Kier molecular flexibility index (Phi) is 7.94. The van der Waals surface area contributed by atoms with Crippen LogP contribution < -0.4 is 24.6 Å². The fraction of sp³-hybridized carbons (Fsp3) is 0.435. The molecule has 0 aliphatic heterocycles. The van der Waals surface area contributed by atoms with E-state index in [1.54, 1.807) is 12.1 Å². The number of non-ortho nitro benzene ring substituents is 1. The second-order valence-corrected chi connectivity index (χ2v) is 7.81. The van der Waals surface area contributed by atoms with Gasteiger partial charge in [-0.3, -0.25) is 25.2 Å². The average Bonchev–Trinajstić information content (AvgIpc) is 2.86. The fourth-order valence-corrected chi connectivity index (χ4v) is 4.06. The predicted octanol–water partition coefficient (Wildman–Crippen LogP) is 4.08. The third kappa shape index (κ3) is 5.46. The van der Waals surface area contributed by atoms with Gasteiger partial charge in [-0.15, -0.1) is 0 Å². The molecule has 178 valence electrons. The van der Waals surface area contributed by atoms with Crippen molar-refractivity contribution in [2.75, 3.05) is 26.4 Å². The smallest absolute Gasteiger partial charge is 0.270 e. The van der Waals surface area contributed by atoms with E-state index in [4.69, 9.17) is 14.2 Å². The molecule has 10 nitrogen and oxygen atoms in total. The molecule has 0 saturated heterocycles. The molecule has 1 amide bonds. The Morgan fingerprint density at radius 3 is 2.27 bits per heavy atom. The summed E-state index contributed by atoms with van der Waals surface area (Å²) >= 11 is 0. The van der Waals surface area contributed by atoms with Gasteiger partial charge >= 0.3 is 0 Å². The second kappa shape index (κ2) is 10.9. The molecule has 0 bridgehead atoms. The topological polar surface area (TPSA) is 123 Å². The first kappa shape index (κ1) is 24.1. The lowest BCUT2D eigenvalue weighted by molar-refractivity contribution is -0.384. The Bertz CT molecular complexity index is 981. The van der Waals surface area contributed by atoms with Crippen LogP contribution in [0, 0.1) is 10.1 Å². The Balaban J connectivity index is 1.86. The van der Waals surface area contributed by atoms with Crippen LogP contribution in [0.3, 0.4) is 0 Å². The summed E-state index contributed by atoms with van der Waals surface area (Å²) < 4.78 is 16.0. The highest BCUT2D eigenvalue weighted by Crippen LogP contribution is 2.38. The van der Waals surface area contributed by atoms with Crippen LogP contribution in [0.4, 0.5) is 11.4 Å². The zero-order chi connectivity index (χ0) is 24.0. The molecule has 3 rings (SSSR count). The molecule has 1 aliphatic carbocycles. The Morgan fingerprint density at radius 2 is 1.73 bits per heavy atom. The SMILES string of the molecule is COc1cc(CNC(=O)c2cc([N+](=O)[O-])ccc2N(O)C2CCCCC2)cc(OC)c1OC. The van der Waals surface area contributed by atoms with Crippen LogP contribution in [-0.4, -0.2) is 43.4 Å². The molecule has 1 fully saturated rings. The summed E-state index contributed by atoms with van der Waals surface area (Å²) in [5.74, 6) is 0.767. The number of carbonyl (C=O) groups is 1. The van der Waals surface area contributed by atoms with E-state index in [9.17, 15) is 20.1 Å². The van der Waals surface area contributed by atoms with Crippen LogP contribution in [0.5, 0.6) is 17.2 Å². The number of methoxy groups -OCH3 is 3. The van der Waals surface area contributed by atoms with Crippen molar-refractivity contribution < 1.29 is 29.1 Å². The Hall–Kier alpha value is -3.53. The first-order valence-electron chi connectivity index (χ1n) is 10.7. The minimum atomic E-state index is -0.567. The van der Waals surface area contributed by atoms with E-state index in [0.29, 0.717) is 22.8 Å². The second-order valence-electron chi connectivity index (χ2n) is 7.81. The van der Waals surface area contributed by atoms with Gasteiger partial charge in [0.15, 0.2) is 11.5 Å². The van der Waals surface area contributed by atoms with Crippen LogP contribution in [0.25, 0.3) is 0 Å². The normalized spacial score (nSPS) is 13.8. The highest BCUT2D eigenvalue weighted by atomic mass is 16.6. The van der Waals surface area contributed by atoms with Gasteiger partial charge in [-0.05, 0) is 36.6 Å². The van der Waals surface area contributed by atoms with Crippen molar-refractivity contribution in [3.05, 3.63) is 51.6 Å². The zero-order valence-electron chi connectivity index (χ0n) is 19.0. The van der Waals surface area contributed by atoms with Crippen molar-refractivity contribution in [3.8, 4) is 17.2 Å². The highest BCUT2D eigenvalue weighted by Gasteiger charge is 2.26. The summed E-state index contributed by atoms with van der Waals surface area (Å²) in [4.78, 5) is 23.8. The first-order valence-corrected chi connectivity index (χ1v) is 10.7. The van der Waals surface area contributed by atoms with Crippen LogP contribution >= 0.6 is 0 Å². The number of carbonyl (C=O) groups excluding carboxylic acids is 1. The molecule has 1 saturated carbocycles. The predicted molar refractivity (Wildman–Crippen MR) is 122 cm³/mol. The van der Waals surface area contributed by atoms with Crippen molar-refractivity contribution in [1.82, 2.24) is 5.32 Å². The third-order valence-electron chi connectivity index (χ3n) is 5.78. The molecule has 0 unspecified atom stereocenters. The molecule has 33 heavy (non-hydrogen) atoms. The van der Waals surface area contributed by atoms with Crippen LogP contribution in [0.2, 0.25) is 0 Å². The van der Waals surface area contributed by atoms with Gasteiger partial charge in [0.2, 0.25) is 5.75 Å². The first-order chi connectivity index (χ1) is 15.9. The van der Waals surface area contributed by atoms with Gasteiger partial charge in [-0.1, -0.05) is 19.3 Å². The molecule has 1 aliphatic rings. The van der Waals surface area contributed by atoms with Gasteiger partial charge in [0.1, 0.15) is 0 Å². The number of hydrogen-bond donors (Lipinski definition) is 2. The number of benzene rings is 2. The maximum Gasteiger partial charge on any atom is 0.270 e. The van der Waals surface area contributed by atoms with Gasteiger partial charge in [-0.25, -0.2) is 0 Å². The van der Waals surface area contributed by atoms with E-state index >= 15 is 0 Å². The van der Waals surface area contributed by atoms with Gasteiger partial charge < -0.3 is 19.5 Å². The molecular formula is C23H29N3O7. The Labute approximate surface area is 192 Å². The van der Waals surface area contributed by atoms with E-state index in [-0.39, 0.29) is 29.5 Å². The number of ether oxygens (including phenoxy) is 3. The number of hydrogen-bond acceptors (Lipinski definition) is 8. The van der Waals surface area contributed by atoms with Crippen molar-refractivity contribution in [2.24, 2.45) is 0 Å². The van der Waals surface area contributed by atoms with E-state index < -0.39 is 10.8 Å². The van der Waals surface area contributed by atoms with E-state index in [0.717, 1.165) is 37.2 Å². The van der Waals surface area contributed by atoms with E-state index in [2.05, 4.69) is 5.32 Å². The Morgan fingerprint density at radius 1 is 1.09 bits per heavy atom. The molecule has 2 N–H and O–H groups in total. The number of nitro benzene ring substituents is 1. The molecule has 0 aromatic heterocycles. The van der Waals surface area contributed by atoms with Crippen molar-refractivity contribution in [1.29, 1.82) is 0 Å². The number of rotatable bonds is 9. The summed E-state index contributed by atoms with van der Waals surface area (Å²) in [7, 11) is 4.49. The monoisotopic (exact) mass is 459 g/mol. The molecule has 0 radical (unpaired) electrons.